The van der Waals surface area contributed by atoms with E-state index in [0.717, 1.165) is 6.54 Å². The summed E-state index contributed by atoms with van der Waals surface area (Å²) in [7, 11) is 1.45. The van der Waals surface area contributed by atoms with Gasteiger partial charge in [-0.1, -0.05) is 59.8 Å². The first-order valence-corrected chi connectivity index (χ1v) is 22.4. The minimum atomic E-state index is -1.99. The molecule has 1 saturated heterocycles. The quantitative estimate of drug-likeness (QED) is 0.201. The van der Waals surface area contributed by atoms with Crippen molar-refractivity contribution >= 4 is 40.1 Å². The smallest absolute Gasteiger partial charge is 0.320 e. The van der Waals surface area contributed by atoms with Crippen LogP contribution in [-0.4, -0.2) is 113 Å². The zero-order valence-corrected chi connectivity index (χ0v) is 39.3. The number of hydrogen-bond acceptors (Lipinski definition) is 16. The van der Waals surface area contributed by atoms with Gasteiger partial charge in [-0.3, -0.25) is 29.2 Å². The molecule has 17 heteroatoms. The van der Waals surface area contributed by atoms with Crippen molar-refractivity contribution in [2.75, 3.05) is 38.6 Å². The summed E-state index contributed by atoms with van der Waals surface area (Å²) >= 11 is 0. The van der Waals surface area contributed by atoms with Gasteiger partial charge in [-0.2, -0.15) is 0 Å². The van der Waals surface area contributed by atoms with Crippen LogP contribution in [0.2, 0.25) is 0 Å². The van der Waals surface area contributed by atoms with Crippen LogP contribution in [0.15, 0.2) is 46.1 Å². The van der Waals surface area contributed by atoms with Crippen LogP contribution in [-0.2, 0) is 33.3 Å². The number of hydrogen-bond donors (Lipinski definition) is 5. The minimum Gasteiger partial charge on any atom is -0.507 e. The number of benzene rings is 2. The molecule has 4 heterocycles. The number of phenolic OH excluding ortho intramolecular Hbond substituents is 2. The molecule has 0 unspecified atom stereocenters. The van der Waals surface area contributed by atoms with Crippen molar-refractivity contribution in [1.82, 2.24) is 4.90 Å². The Kier molecular flexibility index (Phi) is 14.5. The number of Topliss-reactive ketones (excluding diaryl/α,β-unsaturated/α-hetero) is 1. The molecule has 1 amide bonds. The van der Waals surface area contributed by atoms with E-state index in [1.807, 2.05) is 0 Å². The van der Waals surface area contributed by atoms with E-state index in [0.29, 0.717) is 31.8 Å². The summed E-state index contributed by atoms with van der Waals surface area (Å²) in [6, 6.07) is 0. The van der Waals surface area contributed by atoms with Crippen LogP contribution in [0.25, 0.3) is 10.8 Å². The summed E-state index contributed by atoms with van der Waals surface area (Å²) in [5, 5.41) is 39.2. The number of esters is 2. The van der Waals surface area contributed by atoms with Gasteiger partial charge in [0.25, 0.3) is 11.7 Å². The van der Waals surface area contributed by atoms with Gasteiger partial charge in [-0.15, -0.1) is 0 Å². The second kappa shape index (κ2) is 19.2. The van der Waals surface area contributed by atoms with Crippen LogP contribution >= 0.6 is 0 Å². The molecule has 4 aliphatic rings. The third-order valence-corrected chi connectivity index (χ3v) is 13.3. The van der Waals surface area contributed by atoms with Crippen LogP contribution in [0.5, 0.6) is 17.2 Å². The number of allylic oxidation sites excluding steroid dienone is 2. The summed E-state index contributed by atoms with van der Waals surface area (Å²) < 4.78 is 29.9. The number of ether oxygens (including phenoxy) is 5. The molecule has 6 rings (SSSR count). The SMILES string of the molecule is CO[C@H]1/C=C/O[C@@]2(C)Oc3c(C)c(O)c4c(O)c(c5c(c4c3C2=O)=NC2(CCN(CC(C)C)CC2)N=5)NC(=O)/C(C)=C\C=C\[C@H](C)[C@H](OC(=O)CN)[C@@H](C)[C@@H](O)[C@@H](C)[C@H](OC(C)=O)[C@@H]1C. The van der Waals surface area contributed by atoms with Crippen molar-refractivity contribution in [2.45, 2.75) is 118 Å². The Hall–Kier alpha value is -5.36. The molecule has 9 atom stereocenters. The monoisotopic (exact) mass is 903 g/mol. The zero-order valence-electron chi connectivity index (χ0n) is 39.3. The highest BCUT2D eigenvalue weighted by molar-refractivity contribution is 6.19. The highest BCUT2D eigenvalue weighted by atomic mass is 16.7. The molecule has 17 nitrogen and oxygen atoms in total. The van der Waals surface area contributed by atoms with Crippen LogP contribution in [0.3, 0.4) is 0 Å². The second-order valence-electron chi connectivity index (χ2n) is 18.6. The summed E-state index contributed by atoms with van der Waals surface area (Å²) in [5.74, 6) is -7.54. The van der Waals surface area contributed by atoms with E-state index in [4.69, 9.17) is 39.4 Å². The summed E-state index contributed by atoms with van der Waals surface area (Å²) in [5.41, 5.74) is 4.96. The number of carbonyl (C=O) groups excluding carboxylic acids is 4. The lowest BCUT2D eigenvalue weighted by atomic mass is 9.78. The molecule has 6 N–H and O–H groups in total. The van der Waals surface area contributed by atoms with Gasteiger partial charge in [-0.05, 0) is 25.8 Å². The number of nitrogens with two attached hydrogens (primary N) is 1. The Morgan fingerprint density at radius 1 is 0.969 bits per heavy atom. The number of anilines is 1. The Morgan fingerprint density at radius 3 is 2.23 bits per heavy atom. The zero-order chi connectivity index (χ0) is 47.9. The lowest BCUT2D eigenvalue weighted by molar-refractivity contribution is -0.164. The molecule has 0 radical (unpaired) electrons. The average molecular weight is 904 g/mol. The second-order valence-corrected chi connectivity index (χ2v) is 18.6. The van der Waals surface area contributed by atoms with Crippen molar-refractivity contribution in [1.29, 1.82) is 0 Å². The van der Waals surface area contributed by atoms with Crippen molar-refractivity contribution < 1.29 is 58.2 Å². The molecule has 1 spiro atoms. The predicted molar refractivity (Wildman–Crippen MR) is 241 cm³/mol. The van der Waals surface area contributed by atoms with Gasteiger partial charge in [0, 0.05) is 93.6 Å². The predicted octanol–water partition coefficient (Wildman–Crippen LogP) is 4.26. The van der Waals surface area contributed by atoms with Gasteiger partial charge in [0.2, 0.25) is 0 Å². The van der Waals surface area contributed by atoms with E-state index in [9.17, 15) is 34.5 Å². The van der Waals surface area contributed by atoms with Gasteiger partial charge in [0.1, 0.15) is 34.8 Å². The largest absolute Gasteiger partial charge is 0.507 e. The van der Waals surface area contributed by atoms with Gasteiger partial charge in [-0.25, -0.2) is 0 Å². The number of aliphatic hydroxyl groups excluding tert-OH is 1. The number of ketones is 1. The number of aromatic hydroxyl groups is 2. The number of methoxy groups -OCH3 is 1. The Bertz CT molecular complexity index is 2440. The molecule has 0 saturated carbocycles. The highest BCUT2D eigenvalue weighted by Gasteiger charge is 2.50. The number of amides is 1. The minimum absolute atomic E-state index is 0.0209. The summed E-state index contributed by atoms with van der Waals surface area (Å²) in [6.07, 6.45) is 4.87. The lowest BCUT2D eigenvalue weighted by Crippen LogP contribution is -2.47. The third kappa shape index (κ3) is 9.51. The summed E-state index contributed by atoms with van der Waals surface area (Å²) in [6.45, 7) is 19.0. The fourth-order valence-electron chi connectivity index (χ4n) is 9.60. The molecule has 1 fully saturated rings. The van der Waals surface area contributed by atoms with Gasteiger partial charge < -0.3 is 55.0 Å². The fourth-order valence-corrected chi connectivity index (χ4v) is 9.60. The molecular weight excluding hydrogens is 839 g/mol. The van der Waals surface area contributed by atoms with Gasteiger partial charge in [0.15, 0.2) is 11.4 Å². The molecular formula is C48H65N5O12. The van der Waals surface area contributed by atoms with Crippen LogP contribution in [0.4, 0.5) is 5.69 Å². The molecule has 354 valence electrons. The number of nitrogens with zero attached hydrogens (tertiary/aromatic N) is 3. The number of likely N-dealkylation sites (tertiary alicyclic amines) is 1. The number of fused-ring (bicyclic) bond motifs is 1. The molecule has 4 aliphatic heterocycles. The standard InChI is InChI=1S/C48H65N5O12/c1-23(2)22-53-18-16-48(17-19-53)51-36-33-34-40(57)29(8)44-35(33)45(59)47(10,65-44)62-20-15-31(61-11)26(5)43(63-30(9)54)28(7)39(56)27(6)42(64-32(55)21-49)24(3)13-12-14-25(4)46(60)50-38(41(34)58)37(36)52-48/h12-15,20,23-24,26-28,31,39,42-43,56-58H,16-19,21-22,49H2,1-11H3,(H,50,60)/b13-12+,20-15+,25-14-/t24-,26+,27-,28+,31-,39+,42-,43+,47-/m0/s1. The van der Waals surface area contributed by atoms with Crippen LogP contribution in [0, 0.1) is 36.5 Å². The number of carbonyl (C=O) groups is 4. The van der Waals surface area contributed by atoms with Crippen molar-refractivity contribution in [3.05, 3.63) is 58.0 Å². The van der Waals surface area contributed by atoms with E-state index in [2.05, 4.69) is 24.1 Å². The number of rotatable bonds is 6. The Labute approximate surface area is 379 Å². The molecule has 2 aromatic carbocycles. The molecule has 65 heavy (non-hydrogen) atoms. The summed E-state index contributed by atoms with van der Waals surface area (Å²) in [4.78, 5) is 66.7. The molecule has 2 aromatic rings. The lowest BCUT2D eigenvalue weighted by Gasteiger charge is -2.38. The number of nitrogens with one attached hydrogen (secondary N) is 1. The fraction of sp³-hybridized carbons (Fsp3) is 0.583. The first-order chi connectivity index (χ1) is 30.6. The normalized spacial score (nSPS) is 31.3. The number of piperidine rings is 1. The van der Waals surface area contributed by atoms with Gasteiger partial charge in [0.05, 0.1) is 41.3 Å². The topological polar surface area (TPSA) is 241 Å². The first-order valence-electron chi connectivity index (χ1n) is 22.4. The maximum atomic E-state index is 14.8. The van der Waals surface area contributed by atoms with Crippen molar-refractivity contribution in [2.24, 2.45) is 45.3 Å². The number of aliphatic hydroxyl groups is 1. The van der Waals surface area contributed by atoms with Gasteiger partial charge >= 0.3 is 17.7 Å². The van der Waals surface area contributed by atoms with E-state index in [-0.39, 0.29) is 55.4 Å². The maximum absolute atomic E-state index is 14.8. The molecule has 0 aromatic heterocycles. The third-order valence-electron chi connectivity index (χ3n) is 13.3. The Morgan fingerprint density at radius 2 is 1.62 bits per heavy atom. The average Bonchev–Trinajstić information content (AvgIpc) is 3.76. The van der Waals surface area contributed by atoms with Crippen LogP contribution < -0.4 is 26.5 Å². The van der Waals surface area contributed by atoms with Crippen molar-refractivity contribution in [3.8, 4) is 17.2 Å². The number of phenols is 2. The van der Waals surface area contributed by atoms with E-state index >= 15 is 0 Å². The molecule has 4 bridgehead atoms. The van der Waals surface area contributed by atoms with E-state index in [1.165, 1.54) is 33.3 Å². The van der Waals surface area contributed by atoms with Crippen LogP contribution in [0.1, 0.15) is 91.1 Å². The maximum Gasteiger partial charge on any atom is 0.320 e. The highest BCUT2D eigenvalue weighted by Crippen LogP contribution is 2.50. The Balaban J connectivity index is 1.55. The van der Waals surface area contributed by atoms with E-state index < -0.39 is 95.5 Å². The molecule has 0 aliphatic carbocycles. The van der Waals surface area contributed by atoms with E-state index in [1.54, 1.807) is 59.8 Å². The first kappa shape index (κ1) is 49.1. The van der Waals surface area contributed by atoms with Crippen molar-refractivity contribution in [3.63, 3.8) is 0 Å².